The highest BCUT2D eigenvalue weighted by atomic mass is 16.6. The maximum Gasteiger partial charge on any atom is 0.334 e. The number of carbonyl (C=O) groups is 1. The second-order valence-electron chi connectivity index (χ2n) is 11.6. The Labute approximate surface area is 249 Å². The lowest BCUT2D eigenvalue weighted by molar-refractivity contribution is -0.155. The quantitative estimate of drug-likeness (QED) is 0.284. The largest absolute Gasteiger partial charge is 0.464 e. The van der Waals surface area contributed by atoms with Gasteiger partial charge in [-0.2, -0.15) is 5.26 Å². The van der Waals surface area contributed by atoms with Crippen molar-refractivity contribution in [2.24, 2.45) is 5.41 Å². The van der Waals surface area contributed by atoms with E-state index < -0.39 is 11.5 Å². The normalized spacial score (nSPS) is 21.5. The van der Waals surface area contributed by atoms with Gasteiger partial charge in [-0.25, -0.2) is 14.8 Å². The predicted octanol–water partition coefficient (Wildman–Crippen LogP) is 4.85. The SMILES string of the molecule is CCOC(=O)[C@@H](C)OC[C@H](C)N[C@H]1CC[C@H](Nc2cc(-c3cccc(NCC4(C#N)CCOCC4)n3)c(C)cn2)CC1. The average Bonchev–Trinajstić information content (AvgIpc) is 3.01. The lowest BCUT2D eigenvalue weighted by Gasteiger charge is -2.32. The van der Waals surface area contributed by atoms with Crippen molar-refractivity contribution >= 4 is 17.6 Å². The van der Waals surface area contributed by atoms with Gasteiger partial charge in [0, 0.05) is 49.6 Å². The summed E-state index contributed by atoms with van der Waals surface area (Å²) in [6.07, 6.45) is 7.00. The number of ether oxygens (including phenoxy) is 3. The number of aryl methyl sites for hydroxylation is 1. The number of nitriles is 1. The van der Waals surface area contributed by atoms with Crippen molar-refractivity contribution in [2.45, 2.75) is 90.4 Å². The number of nitrogens with one attached hydrogen (secondary N) is 3. The fraction of sp³-hybridized carbons (Fsp3) is 0.625. The van der Waals surface area contributed by atoms with E-state index in [1.807, 2.05) is 24.4 Å². The summed E-state index contributed by atoms with van der Waals surface area (Å²) in [5.74, 6) is 1.30. The maximum atomic E-state index is 11.8. The molecule has 0 radical (unpaired) electrons. The monoisotopic (exact) mass is 578 g/mol. The number of pyridine rings is 2. The van der Waals surface area contributed by atoms with Gasteiger partial charge in [0.2, 0.25) is 0 Å². The zero-order valence-corrected chi connectivity index (χ0v) is 25.4. The Hall–Kier alpha value is -3.26. The Kier molecular flexibility index (Phi) is 11.5. The Morgan fingerprint density at radius 3 is 2.62 bits per heavy atom. The van der Waals surface area contributed by atoms with Crippen molar-refractivity contribution in [3.05, 3.63) is 36.0 Å². The first kappa shape index (κ1) is 31.7. The molecule has 0 unspecified atom stereocenters. The minimum absolute atomic E-state index is 0.151. The fourth-order valence-electron chi connectivity index (χ4n) is 5.59. The summed E-state index contributed by atoms with van der Waals surface area (Å²) in [6, 6.07) is 11.5. The van der Waals surface area contributed by atoms with E-state index in [2.05, 4.69) is 46.9 Å². The number of hydrogen-bond acceptors (Lipinski definition) is 10. The number of anilines is 2. The van der Waals surface area contributed by atoms with Crippen molar-refractivity contribution in [1.82, 2.24) is 15.3 Å². The summed E-state index contributed by atoms with van der Waals surface area (Å²) in [4.78, 5) is 21.3. The van der Waals surface area contributed by atoms with E-state index in [-0.39, 0.29) is 12.0 Å². The Morgan fingerprint density at radius 1 is 1.17 bits per heavy atom. The van der Waals surface area contributed by atoms with Crippen LogP contribution >= 0.6 is 0 Å². The first-order chi connectivity index (χ1) is 20.3. The highest BCUT2D eigenvalue weighted by Crippen LogP contribution is 2.31. The third-order valence-electron chi connectivity index (χ3n) is 8.24. The van der Waals surface area contributed by atoms with Gasteiger partial charge in [-0.3, -0.25) is 0 Å². The van der Waals surface area contributed by atoms with E-state index >= 15 is 0 Å². The molecule has 10 nitrogen and oxygen atoms in total. The van der Waals surface area contributed by atoms with Crippen LogP contribution in [0.1, 0.15) is 64.9 Å². The standard InChI is InChI=1S/C32H46N6O4/c1-5-41-31(39)24(4)42-19-23(3)36-25-9-11-26(12-10-25)37-30-17-27(22(2)18-34-30)28-7-6-8-29(38-28)35-21-32(20-33)13-15-40-16-14-32/h6-8,17-18,23-26,36H,5,9-16,19,21H2,1-4H3,(H,34,37)(H,35,38)/t23-,24+,25-,26-/m0/s1. The molecule has 2 atom stereocenters. The molecule has 1 aliphatic carbocycles. The van der Waals surface area contributed by atoms with E-state index in [0.29, 0.717) is 45.1 Å². The summed E-state index contributed by atoms with van der Waals surface area (Å²) in [5, 5.41) is 20.5. The van der Waals surface area contributed by atoms with Crippen LogP contribution in [0.15, 0.2) is 30.5 Å². The van der Waals surface area contributed by atoms with E-state index in [1.54, 1.807) is 13.8 Å². The fourth-order valence-corrected chi connectivity index (χ4v) is 5.59. The maximum absolute atomic E-state index is 11.8. The van der Waals surface area contributed by atoms with Crippen molar-refractivity contribution in [2.75, 3.05) is 43.6 Å². The number of hydrogen-bond donors (Lipinski definition) is 3. The number of esters is 1. The summed E-state index contributed by atoms with van der Waals surface area (Å²) in [6.45, 7) is 10.3. The molecule has 2 fully saturated rings. The van der Waals surface area contributed by atoms with E-state index in [1.165, 1.54) is 0 Å². The Morgan fingerprint density at radius 2 is 1.90 bits per heavy atom. The number of carbonyl (C=O) groups excluding carboxylic acids is 1. The van der Waals surface area contributed by atoms with Gasteiger partial charge in [-0.15, -0.1) is 0 Å². The molecule has 2 aliphatic rings. The number of rotatable bonds is 13. The number of aromatic nitrogens is 2. The molecule has 0 spiro atoms. The highest BCUT2D eigenvalue weighted by Gasteiger charge is 2.32. The Bertz CT molecular complexity index is 1200. The van der Waals surface area contributed by atoms with Crippen molar-refractivity contribution in [3.63, 3.8) is 0 Å². The van der Waals surface area contributed by atoms with Crippen LogP contribution in [-0.2, 0) is 19.0 Å². The summed E-state index contributed by atoms with van der Waals surface area (Å²) >= 11 is 0. The average molecular weight is 579 g/mol. The van der Waals surface area contributed by atoms with Crippen molar-refractivity contribution in [3.8, 4) is 17.3 Å². The van der Waals surface area contributed by atoms with Gasteiger partial charge in [0.25, 0.3) is 0 Å². The molecule has 1 saturated carbocycles. The summed E-state index contributed by atoms with van der Waals surface area (Å²) < 4.78 is 16.2. The third-order valence-corrected chi connectivity index (χ3v) is 8.24. The molecule has 3 N–H and O–H groups in total. The predicted molar refractivity (Wildman–Crippen MR) is 163 cm³/mol. The van der Waals surface area contributed by atoms with Crippen LogP contribution in [0.4, 0.5) is 11.6 Å². The van der Waals surface area contributed by atoms with Gasteiger partial charge in [0.05, 0.1) is 30.4 Å². The third kappa shape index (κ3) is 8.87. The minimum atomic E-state index is -0.553. The first-order valence-electron chi connectivity index (χ1n) is 15.3. The smallest absolute Gasteiger partial charge is 0.334 e. The van der Waals surface area contributed by atoms with Crippen LogP contribution < -0.4 is 16.0 Å². The molecule has 0 amide bonds. The molecule has 1 aliphatic heterocycles. The minimum Gasteiger partial charge on any atom is -0.464 e. The molecule has 42 heavy (non-hydrogen) atoms. The highest BCUT2D eigenvalue weighted by molar-refractivity contribution is 5.74. The van der Waals surface area contributed by atoms with Gasteiger partial charge in [-0.1, -0.05) is 6.07 Å². The van der Waals surface area contributed by atoms with Crippen molar-refractivity contribution < 1.29 is 19.0 Å². The van der Waals surface area contributed by atoms with Crippen LogP contribution in [0.5, 0.6) is 0 Å². The first-order valence-corrected chi connectivity index (χ1v) is 15.3. The second-order valence-corrected chi connectivity index (χ2v) is 11.6. The van der Waals surface area contributed by atoms with Crippen LogP contribution in [-0.4, -0.2) is 73.1 Å². The Balaban J connectivity index is 1.28. The molecule has 228 valence electrons. The van der Waals surface area contributed by atoms with E-state index in [9.17, 15) is 10.1 Å². The van der Waals surface area contributed by atoms with Gasteiger partial charge >= 0.3 is 5.97 Å². The van der Waals surface area contributed by atoms with Crippen LogP contribution in [0.2, 0.25) is 0 Å². The van der Waals surface area contributed by atoms with Crippen LogP contribution in [0.25, 0.3) is 11.3 Å². The van der Waals surface area contributed by atoms with Gasteiger partial charge in [0.1, 0.15) is 11.6 Å². The molecule has 4 rings (SSSR count). The number of nitrogens with zero attached hydrogens (tertiary/aromatic N) is 3. The molecule has 2 aromatic heterocycles. The van der Waals surface area contributed by atoms with Gasteiger partial charge < -0.3 is 30.2 Å². The summed E-state index contributed by atoms with van der Waals surface area (Å²) in [5.41, 5.74) is 2.56. The van der Waals surface area contributed by atoms with Crippen LogP contribution in [0, 0.1) is 23.7 Å². The van der Waals surface area contributed by atoms with E-state index in [4.69, 9.17) is 19.2 Å². The molecule has 2 aromatic rings. The lowest BCUT2D eigenvalue weighted by Crippen LogP contribution is -2.43. The van der Waals surface area contributed by atoms with Gasteiger partial charge in [0.15, 0.2) is 6.10 Å². The topological polar surface area (TPSA) is 130 Å². The molecule has 3 heterocycles. The van der Waals surface area contributed by atoms with Crippen LogP contribution in [0.3, 0.4) is 0 Å². The van der Waals surface area contributed by atoms with Crippen molar-refractivity contribution in [1.29, 1.82) is 5.26 Å². The zero-order valence-electron chi connectivity index (χ0n) is 25.4. The second kappa shape index (κ2) is 15.3. The lowest BCUT2D eigenvalue weighted by atomic mass is 9.82. The molecule has 1 saturated heterocycles. The van der Waals surface area contributed by atoms with Gasteiger partial charge in [-0.05, 0) is 90.0 Å². The molecular weight excluding hydrogens is 532 g/mol. The molecule has 10 heteroatoms. The molecule has 0 bridgehead atoms. The molecular formula is C32H46N6O4. The molecule has 0 aromatic carbocycles. The summed E-state index contributed by atoms with van der Waals surface area (Å²) in [7, 11) is 0. The van der Waals surface area contributed by atoms with E-state index in [0.717, 1.165) is 67.0 Å². The zero-order chi connectivity index (χ0) is 30.0.